The van der Waals surface area contributed by atoms with Crippen LogP contribution < -0.4 is 15.0 Å². The molecule has 0 unspecified atom stereocenters. The molecule has 1 aromatic carbocycles. The maximum absolute atomic E-state index is 13.1. The lowest BCUT2D eigenvalue weighted by molar-refractivity contribution is -0.168. The molecule has 1 amide bonds. The highest BCUT2D eigenvalue weighted by Gasteiger charge is 2.50. The highest BCUT2D eigenvalue weighted by Crippen LogP contribution is 2.30. The standard InChI is InChI=1S/C24H36N2O10/c1-5-33-21(30)16-36-20-9-8-19(26(10-12-27)11-13-28)14-18(20)15-24(25-17(4)29,22(31)34-6-2)23(32)35-7-3/h8-9,14,27-28H,5-7,10-13,15-16H2,1-4H3,(H,25,29). The first-order valence-electron chi connectivity index (χ1n) is 11.7. The van der Waals surface area contributed by atoms with Crippen molar-refractivity contribution in [2.45, 2.75) is 39.7 Å². The molecule has 0 aromatic heterocycles. The number of hydrogen-bond acceptors (Lipinski definition) is 11. The van der Waals surface area contributed by atoms with Crippen LogP contribution in [-0.2, 0) is 39.8 Å². The van der Waals surface area contributed by atoms with Gasteiger partial charge in [-0.1, -0.05) is 0 Å². The van der Waals surface area contributed by atoms with Gasteiger partial charge in [0.05, 0.1) is 33.0 Å². The van der Waals surface area contributed by atoms with Gasteiger partial charge in [-0.3, -0.25) is 4.79 Å². The summed E-state index contributed by atoms with van der Waals surface area (Å²) in [6.45, 7) is 5.48. The molecule has 12 nitrogen and oxygen atoms in total. The van der Waals surface area contributed by atoms with E-state index >= 15 is 0 Å². The molecular weight excluding hydrogens is 476 g/mol. The first-order chi connectivity index (χ1) is 17.2. The van der Waals surface area contributed by atoms with E-state index in [9.17, 15) is 29.4 Å². The van der Waals surface area contributed by atoms with Gasteiger partial charge in [0, 0.05) is 32.1 Å². The first-order valence-corrected chi connectivity index (χ1v) is 11.7. The smallest absolute Gasteiger partial charge is 0.344 e. The van der Waals surface area contributed by atoms with Gasteiger partial charge in [0.15, 0.2) is 6.61 Å². The molecule has 0 saturated carbocycles. The molecular formula is C24H36N2O10. The summed E-state index contributed by atoms with van der Waals surface area (Å²) in [5, 5.41) is 21.2. The Morgan fingerprint density at radius 2 is 1.47 bits per heavy atom. The number of nitrogens with zero attached hydrogens (tertiary/aromatic N) is 1. The number of aliphatic hydroxyl groups excluding tert-OH is 2. The third kappa shape index (κ3) is 8.68. The fourth-order valence-electron chi connectivity index (χ4n) is 3.46. The van der Waals surface area contributed by atoms with Gasteiger partial charge < -0.3 is 39.4 Å². The SMILES string of the molecule is CCOC(=O)COc1ccc(N(CCO)CCO)cc1CC(NC(C)=O)(C(=O)OCC)C(=O)OCC. The van der Waals surface area contributed by atoms with Crippen molar-refractivity contribution in [1.29, 1.82) is 0 Å². The van der Waals surface area contributed by atoms with E-state index in [0.717, 1.165) is 6.92 Å². The van der Waals surface area contributed by atoms with Crippen LogP contribution in [0.2, 0.25) is 0 Å². The Morgan fingerprint density at radius 1 is 0.917 bits per heavy atom. The lowest BCUT2D eigenvalue weighted by atomic mass is 9.89. The average Bonchev–Trinajstić information content (AvgIpc) is 2.82. The highest BCUT2D eigenvalue weighted by molar-refractivity contribution is 6.08. The van der Waals surface area contributed by atoms with Crippen LogP contribution in [0.4, 0.5) is 5.69 Å². The van der Waals surface area contributed by atoms with Gasteiger partial charge in [0.2, 0.25) is 11.4 Å². The Hall–Kier alpha value is -3.38. The third-order valence-corrected chi connectivity index (χ3v) is 4.89. The van der Waals surface area contributed by atoms with Crippen molar-refractivity contribution in [2.75, 3.05) is 57.6 Å². The Balaban J connectivity index is 3.66. The van der Waals surface area contributed by atoms with Crippen LogP contribution in [0.25, 0.3) is 0 Å². The molecule has 0 atom stereocenters. The second-order valence-electron chi connectivity index (χ2n) is 7.52. The number of nitrogens with one attached hydrogen (secondary N) is 1. The van der Waals surface area contributed by atoms with Crippen LogP contribution >= 0.6 is 0 Å². The van der Waals surface area contributed by atoms with E-state index in [4.69, 9.17) is 18.9 Å². The van der Waals surface area contributed by atoms with E-state index < -0.39 is 42.4 Å². The lowest BCUT2D eigenvalue weighted by Gasteiger charge is -2.31. The summed E-state index contributed by atoms with van der Waals surface area (Å²) in [5.74, 6) is -3.21. The van der Waals surface area contributed by atoms with Crippen molar-refractivity contribution < 1.29 is 48.3 Å². The Labute approximate surface area is 210 Å². The molecule has 1 aromatic rings. The van der Waals surface area contributed by atoms with E-state index in [1.807, 2.05) is 0 Å². The topological polar surface area (TPSA) is 161 Å². The number of esters is 3. The number of carbonyl (C=O) groups excluding carboxylic acids is 4. The van der Waals surface area contributed by atoms with E-state index in [0.29, 0.717) is 5.69 Å². The normalized spacial score (nSPS) is 10.8. The van der Waals surface area contributed by atoms with Crippen molar-refractivity contribution in [3.8, 4) is 5.75 Å². The zero-order valence-electron chi connectivity index (χ0n) is 21.2. The van der Waals surface area contributed by atoms with E-state index in [1.54, 1.807) is 37.8 Å². The number of aliphatic hydroxyl groups is 2. The van der Waals surface area contributed by atoms with E-state index in [1.165, 1.54) is 6.07 Å². The second-order valence-corrected chi connectivity index (χ2v) is 7.52. The lowest BCUT2D eigenvalue weighted by Crippen LogP contribution is -2.62. The predicted octanol–water partition coefficient (Wildman–Crippen LogP) is -0.0369. The van der Waals surface area contributed by atoms with Crippen LogP contribution in [-0.4, -0.2) is 92.3 Å². The van der Waals surface area contributed by atoms with Crippen molar-refractivity contribution in [3.63, 3.8) is 0 Å². The minimum atomic E-state index is -2.24. The van der Waals surface area contributed by atoms with Crippen molar-refractivity contribution in [1.82, 2.24) is 5.32 Å². The molecule has 36 heavy (non-hydrogen) atoms. The number of amides is 1. The van der Waals surface area contributed by atoms with Crippen molar-refractivity contribution in [3.05, 3.63) is 23.8 Å². The minimum absolute atomic E-state index is 0.0629. The molecule has 0 spiro atoms. The number of rotatable bonds is 16. The minimum Gasteiger partial charge on any atom is -0.482 e. The molecule has 0 bridgehead atoms. The average molecular weight is 513 g/mol. The van der Waals surface area contributed by atoms with Gasteiger partial charge in [-0.2, -0.15) is 0 Å². The van der Waals surface area contributed by atoms with Crippen LogP contribution in [0.5, 0.6) is 5.75 Å². The van der Waals surface area contributed by atoms with Gasteiger partial charge in [0.25, 0.3) is 0 Å². The Morgan fingerprint density at radius 3 is 1.94 bits per heavy atom. The van der Waals surface area contributed by atoms with Crippen LogP contribution in [0.1, 0.15) is 33.3 Å². The van der Waals surface area contributed by atoms with Gasteiger partial charge in [0.1, 0.15) is 5.75 Å². The summed E-state index contributed by atoms with van der Waals surface area (Å²) in [6, 6.07) is 4.71. The summed E-state index contributed by atoms with van der Waals surface area (Å²) < 4.78 is 20.8. The zero-order valence-corrected chi connectivity index (χ0v) is 21.2. The fourth-order valence-corrected chi connectivity index (χ4v) is 3.46. The van der Waals surface area contributed by atoms with Gasteiger partial charge in [-0.15, -0.1) is 0 Å². The molecule has 0 aliphatic heterocycles. The summed E-state index contributed by atoms with van der Waals surface area (Å²) in [4.78, 5) is 51.8. The monoisotopic (exact) mass is 512 g/mol. The summed E-state index contributed by atoms with van der Waals surface area (Å²) in [5.41, 5.74) is -1.45. The summed E-state index contributed by atoms with van der Waals surface area (Å²) in [7, 11) is 0. The quantitative estimate of drug-likeness (QED) is 0.155. The van der Waals surface area contributed by atoms with Crippen LogP contribution in [0.3, 0.4) is 0 Å². The van der Waals surface area contributed by atoms with Gasteiger partial charge in [-0.25, -0.2) is 14.4 Å². The zero-order chi connectivity index (χ0) is 27.1. The van der Waals surface area contributed by atoms with Crippen LogP contribution in [0.15, 0.2) is 18.2 Å². The summed E-state index contributed by atoms with van der Waals surface area (Å²) in [6.07, 6.45) is -0.428. The number of hydrogen-bond donors (Lipinski definition) is 3. The number of carbonyl (C=O) groups is 4. The number of anilines is 1. The predicted molar refractivity (Wildman–Crippen MR) is 128 cm³/mol. The molecule has 1 rings (SSSR count). The van der Waals surface area contributed by atoms with Crippen molar-refractivity contribution >= 4 is 29.5 Å². The molecule has 0 aliphatic carbocycles. The fraction of sp³-hybridized carbons (Fsp3) is 0.583. The second kappa shape index (κ2) is 15.6. The molecule has 202 valence electrons. The van der Waals surface area contributed by atoms with Gasteiger partial charge in [-0.05, 0) is 44.5 Å². The van der Waals surface area contributed by atoms with Gasteiger partial charge >= 0.3 is 17.9 Å². The van der Waals surface area contributed by atoms with E-state index in [-0.39, 0.29) is 57.4 Å². The Kier molecular flexibility index (Phi) is 13.3. The largest absolute Gasteiger partial charge is 0.482 e. The Bertz CT molecular complexity index is 866. The van der Waals surface area contributed by atoms with Crippen molar-refractivity contribution in [2.24, 2.45) is 0 Å². The molecule has 0 saturated heterocycles. The number of ether oxygens (including phenoxy) is 4. The maximum Gasteiger partial charge on any atom is 0.344 e. The first kappa shape index (κ1) is 30.7. The van der Waals surface area contributed by atoms with Crippen LogP contribution in [0, 0.1) is 0 Å². The highest BCUT2D eigenvalue weighted by atomic mass is 16.6. The molecule has 0 heterocycles. The third-order valence-electron chi connectivity index (χ3n) is 4.89. The summed E-state index contributed by atoms with van der Waals surface area (Å²) >= 11 is 0. The van der Waals surface area contributed by atoms with E-state index in [2.05, 4.69) is 5.32 Å². The molecule has 12 heteroatoms. The molecule has 0 aliphatic rings. The molecule has 0 fully saturated rings. The maximum atomic E-state index is 13.1. The molecule has 3 N–H and O–H groups in total. The molecule has 0 radical (unpaired) electrons. The number of benzene rings is 1.